The minimum absolute atomic E-state index is 0.0563. The number of allylic oxidation sites excluding steroid dienone is 1. The Balaban J connectivity index is 1.03. The van der Waals surface area contributed by atoms with Gasteiger partial charge in [-0.1, -0.05) is 39.3 Å². The van der Waals surface area contributed by atoms with Gasteiger partial charge in [0.2, 0.25) is 0 Å². The van der Waals surface area contributed by atoms with Gasteiger partial charge in [-0.05, 0) is 112 Å². The Morgan fingerprint density at radius 2 is 1.31 bits per heavy atom. The molecule has 0 aromatic carbocycles. The van der Waals surface area contributed by atoms with Crippen LogP contribution in [0.25, 0.3) is 0 Å². The normalized spacial score (nSPS) is 55.1. The minimum Gasteiger partial charge on any atom is -0.388 e. The van der Waals surface area contributed by atoms with Crippen LogP contribution in [0.3, 0.4) is 0 Å². The molecule has 0 radical (unpaired) electrons. The number of hydrogen-bond acceptors (Lipinski definition) is 16. The lowest BCUT2D eigenvalue weighted by Crippen LogP contribution is -2.67. The first-order chi connectivity index (χ1) is 29.1. The Kier molecular flexibility index (Phi) is 13.1. The summed E-state index contributed by atoms with van der Waals surface area (Å²) in [5.41, 5.74) is -1.11. The summed E-state index contributed by atoms with van der Waals surface area (Å²) in [5.74, 6) is 0.511. The molecule has 4 saturated carbocycles. The van der Waals surface area contributed by atoms with Crippen molar-refractivity contribution in [2.24, 2.45) is 45.3 Å². The summed E-state index contributed by atoms with van der Waals surface area (Å²) in [6.45, 7) is 14.4. The van der Waals surface area contributed by atoms with Gasteiger partial charge in [0.05, 0.1) is 43.7 Å². The third-order valence-electron chi connectivity index (χ3n) is 18.0. The molecule has 62 heavy (non-hydrogen) atoms. The van der Waals surface area contributed by atoms with E-state index in [1.165, 1.54) is 18.8 Å². The van der Waals surface area contributed by atoms with Crippen molar-refractivity contribution in [3.05, 3.63) is 11.6 Å². The van der Waals surface area contributed by atoms with Crippen LogP contribution in [0.1, 0.15) is 106 Å². The molecule has 4 heterocycles. The predicted octanol–water partition coefficient (Wildman–Crippen LogP) is 1.48. The first-order valence-corrected chi connectivity index (χ1v) is 23.2. The average Bonchev–Trinajstić information content (AvgIpc) is 3.78. The van der Waals surface area contributed by atoms with E-state index in [1.54, 1.807) is 0 Å². The molecular formula is C46H74O16. The zero-order chi connectivity index (χ0) is 44.9. The van der Waals surface area contributed by atoms with Crippen molar-refractivity contribution in [3.63, 3.8) is 0 Å². The molecule has 4 saturated heterocycles. The van der Waals surface area contributed by atoms with Crippen molar-refractivity contribution >= 4 is 6.29 Å². The van der Waals surface area contributed by atoms with Gasteiger partial charge in [-0.25, -0.2) is 0 Å². The standard InChI is InChI=1S/C46H74O16/c1-22(2)16-24-17-46(55,21-58-24)26-10-13-43(6)25(26)8-9-30-44(43,7)14-11-29-42(4,5)31(12-15-45(29,30)20-47)60-41-38(62-40-36(54)34(52)32(50)23(3)59-40)37(28(49)19-57-41)61-39-35(53)33(51)27(48)18-56-39/h16,20,23-41,48-55H,8-15,17-19,21H2,1-7H3/t23-,24?,25?,26?,27+,28-,29?,30?,31-,32-,33-,34+,35+,36+,37-,38+,39-,40+,41-,43+,44+,45+,46?/m0/s1. The number of carbonyl (C=O) groups is 1. The summed E-state index contributed by atoms with van der Waals surface area (Å²) in [6, 6.07) is 0. The van der Waals surface area contributed by atoms with Crippen molar-refractivity contribution in [2.75, 3.05) is 19.8 Å². The molecule has 0 aromatic rings. The molecular weight excluding hydrogens is 808 g/mol. The molecule has 16 nitrogen and oxygen atoms in total. The first kappa shape index (κ1) is 47.3. The summed E-state index contributed by atoms with van der Waals surface area (Å²) in [7, 11) is 0. The highest BCUT2D eigenvalue weighted by atomic mass is 16.8. The molecule has 16 heteroatoms. The second-order valence-electron chi connectivity index (χ2n) is 21.8. The summed E-state index contributed by atoms with van der Waals surface area (Å²) < 4.78 is 43.0. The Bertz CT molecular complexity index is 1640. The van der Waals surface area contributed by atoms with Crippen LogP contribution in [0.15, 0.2) is 11.6 Å². The quantitative estimate of drug-likeness (QED) is 0.0929. The van der Waals surface area contributed by atoms with Gasteiger partial charge in [0, 0.05) is 11.8 Å². The van der Waals surface area contributed by atoms with Crippen LogP contribution in [-0.2, 0) is 38.0 Å². The van der Waals surface area contributed by atoms with Gasteiger partial charge >= 0.3 is 0 Å². The number of aliphatic hydroxyl groups excluding tert-OH is 7. The molecule has 8 rings (SSSR count). The van der Waals surface area contributed by atoms with Gasteiger partial charge < -0.3 is 78.8 Å². The molecule has 6 unspecified atom stereocenters. The van der Waals surface area contributed by atoms with Crippen LogP contribution in [0.4, 0.5) is 0 Å². The zero-order valence-corrected chi connectivity index (χ0v) is 37.5. The van der Waals surface area contributed by atoms with Crippen LogP contribution in [0, 0.1) is 45.3 Å². The van der Waals surface area contributed by atoms with Gasteiger partial charge in [-0.2, -0.15) is 0 Å². The van der Waals surface area contributed by atoms with Crippen LogP contribution >= 0.6 is 0 Å². The molecule has 354 valence electrons. The van der Waals surface area contributed by atoms with Gasteiger partial charge in [-0.15, -0.1) is 0 Å². The molecule has 0 amide bonds. The van der Waals surface area contributed by atoms with Crippen molar-refractivity contribution in [1.29, 1.82) is 0 Å². The zero-order valence-electron chi connectivity index (χ0n) is 37.5. The fourth-order valence-electron chi connectivity index (χ4n) is 14.5. The fraction of sp³-hybridized carbons (Fsp3) is 0.935. The highest BCUT2D eigenvalue weighted by molar-refractivity contribution is 5.62. The molecule has 0 bridgehead atoms. The number of fused-ring (bicyclic) bond motifs is 5. The molecule has 0 spiro atoms. The smallest absolute Gasteiger partial charge is 0.187 e. The molecule has 8 aliphatic rings. The fourth-order valence-corrected chi connectivity index (χ4v) is 14.5. The number of hydrogen-bond donors (Lipinski definition) is 8. The van der Waals surface area contributed by atoms with E-state index >= 15 is 0 Å². The minimum atomic E-state index is -1.72. The van der Waals surface area contributed by atoms with Gasteiger partial charge in [-0.3, -0.25) is 0 Å². The molecule has 4 aliphatic carbocycles. The lowest BCUT2D eigenvalue weighted by Gasteiger charge is -2.69. The largest absolute Gasteiger partial charge is 0.388 e. The van der Waals surface area contributed by atoms with E-state index in [0.29, 0.717) is 31.8 Å². The van der Waals surface area contributed by atoms with Crippen LogP contribution in [0.2, 0.25) is 0 Å². The van der Waals surface area contributed by atoms with E-state index in [-0.39, 0.29) is 47.9 Å². The van der Waals surface area contributed by atoms with E-state index < -0.39 is 102 Å². The molecule has 8 N–H and O–H groups in total. The van der Waals surface area contributed by atoms with Crippen molar-refractivity contribution in [1.82, 2.24) is 0 Å². The lowest BCUT2D eigenvalue weighted by molar-refractivity contribution is -0.383. The van der Waals surface area contributed by atoms with Crippen LogP contribution in [0.5, 0.6) is 0 Å². The van der Waals surface area contributed by atoms with Crippen molar-refractivity contribution in [3.8, 4) is 0 Å². The number of aliphatic hydroxyl groups is 8. The maximum absolute atomic E-state index is 13.9. The Labute approximate surface area is 365 Å². The predicted molar refractivity (Wildman–Crippen MR) is 219 cm³/mol. The number of ether oxygens (including phenoxy) is 7. The van der Waals surface area contributed by atoms with Gasteiger partial charge in [0.25, 0.3) is 0 Å². The van der Waals surface area contributed by atoms with E-state index in [9.17, 15) is 45.6 Å². The number of aldehydes is 1. The topological polar surface area (TPSA) is 244 Å². The number of carbonyl (C=O) groups excluding carboxylic acids is 1. The van der Waals surface area contributed by atoms with Crippen molar-refractivity contribution in [2.45, 2.75) is 204 Å². The van der Waals surface area contributed by atoms with Crippen LogP contribution in [-0.4, -0.2) is 165 Å². The van der Waals surface area contributed by atoms with Crippen molar-refractivity contribution < 1.29 is 78.8 Å². The maximum Gasteiger partial charge on any atom is 0.187 e. The average molecular weight is 883 g/mol. The van der Waals surface area contributed by atoms with Gasteiger partial charge in [0.15, 0.2) is 18.9 Å². The third kappa shape index (κ3) is 7.60. The monoisotopic (exact) mass is 882 g/mol. The van der Waals surface area contributed by atoms with Crippen LogP contribution < -0.4 is 0 Å². The van der Waals surface area contributed by atoms with E-state index in [2.05, 4.69) is 47.6 Å². The van der Waals surface area contributed by atoms with E-state index in [4.69, 9.17) is 33.2 Å². The Morgan fingerprint density at radius 3 is 2.02 bits per heavy atom. The molecule has 23 atom stereocenters. The van der Waals surface area contributed by atoms with Gasteiger partial charge in [0.1, 0.15) is 61.2 Å². The molecule has 0 aromatic heterocycles. The summed E-state index contributed by atoms with van der Waals surface area (Å²) in [5, 5.41) is 86.8. The Morgan fingerprint density at radius 1 is 0.645 bits per heavy atom. The molecule has 8 fully saturated rings. The summed E-state index contributed by atoms with van der Waals surface area (Å²) in [6.07, 6.45) is -8.82. The summed E-state index contributed by atoms with van der Waals surface area (Å²) >= 11 is 0. The molecule has 4 aliphatic heterocycles. The first-order valence-electron chi connectivity index (χ1n) is 23.2. The highest BCUT2D eigenvalue weighted by Gasteiger charge is 2.72. The third-order valence-corrected chi connectivity index (χ3v) is 18.0. The summed E-state index contributed by atoms with van der Waals surface area (Å²) in [4.78, 5) is 13.9. The lowest BCUT2D eigenvalue weighted by atomic mass is 9.35. The van der Waals surface area contributed by atoms with E-state index in [0.717, 1.165) is 38.5 Å². The Hall–Kier alpha value is -1.19. The highest BCUT2D eigenvalue weighted by Crippen LogP contribution is 2.76. The second-order valence-corrected chi connectivity index (χ2v) is 21.8. The SMILES string of the molecule is CC(C)=CC1CC(O)(C2CC[C@]3(C)C2CCC2[C@@]4(C=O)CC[C@H](O[C@@H]5OC[C@H](O)[C@H](O[C@@H]6OC[C@@H](O)[C@H](O)[C@H]6O)[C@H]5O[C@H]5O[C@@H](C)[C@H](O)[C@@H](O)[C@H]5O)C(C)(C)C4CC[C@]23C)CO1. The second kappa shape index (κ2) is 17.2. The number of rotatable bonds is 9. The maximum atomic E-state index is 13.9. The van der Waals surface area contributed by atoms with E-state index in [1.807, 2.05) is 0 Å².